The Balaban J connectivity index is 2.12. The smallest absolute Gasteiger partial charge is 0.488 e. The third kappa shape index (κ3) is 7.82. The topological polar surface area (TPSA) is 77.0 Å². The molecular formula is C21H24F3NO5. The van der Waals surface area contributed by atoms with Gasteiger partial charge < -0.3 is 24.6 Å². The van der Waals surface area contributed by atoms with Gasteiger partial charge in [-0.1, -0.05) is 30.3 Å². The number of halogens is 3. The van der Waals surface area contributed by atoms with Crippen LogP contribution in [-0.2, 0) is 11.3 Å². The molecule has 2 aromatic rings. The van der Waals surface area contributed by atoms with Gasteiger partial charge in [-0.3, -0.25) is 0 Å². The molecule has 0 bridgehead atoms. The Labute approximate surface area is 172 Å². The number of amides is 1. The van der Waals surface area contributed by atoms with Crippen molar-refractivity contribution in [1.29, 1.82) is 0 Å². The molecule has 0 saturated heterocycles. The zero-order valence-corrected chi connectivity index (χ0v) is 16.9. The number of hydrogen-bond donors (Lipinski definition) is 2. The summed E-state index contributed by atoms with van der Waals surface area (Å²) >= 11 is 0. The maximum absolute atomic E-state index is 12.7. The number of nitrogens with one attached hydrogen (secondary N) is 1. The van der Waals surface area contributed by atoms with E-state index in [1.54, 1.807) is 45.0 Å². The molecule has 2 rings (SSSR count). The lowest BCUT2D eigenvalue weighted by molar-refractivity contribution is -0.275. The summed E-state index contributed by atoms with van der Waals surface area (Å²) in [5, 5.41) is 11.6. The van der Waals surface area contributed by atoms with Crippen molar-refractivity contribution in [3.63, 3.8) is 0 Å². The molecule has 2 N–H and O–H groups in total. The molecule has 6 nitrogen and oxygen atoms in total. The van der Waals surface area contributed by atoms with Crippen LogP contribution in [0.3, 0.4) is 0 Å². The Morgan fingerprint density at radius 1 is 1.00 bits per heavy atom. The largest absolute Gasteiger partial charge is 0.573 e. The van der Waals surface area contributed by atoms with E-state index in [0.717, 1.165) is 5.56 Å². The molecule has 0 unspecified atom stereocenters. The molecule has 0 saturated carbocycles. The third-order valence-corrected chi connectivity index (χ3v) is 3.67. The maximum Gasteiger partial charge on any atom is 0.573 e. The lowest BCUT2D eigenvalue weighted by Crippen LogP contribution is -2.34. The van der Waals surface area contributed by atoms with Gasteiger partial charge in [0.15, 0.2) is 11.5 Å². The average molecular weight is 427 g/mol. The summed E-state index contributed by atoms with van der Waals surface area (Å²) in [7, 11) is 0. The van der Waals surface area contributed by atoms with E-state index in [1.807, 2.05) is 0 Å². The highest BCUT2D eigenvalue weighted by Crippen LogP contribution is 2.36. The molecule has 1 amide bonds. The molecule has 0 atom stereocenters. The number of carbonyl (C=O) groups excluding carboxylic acids is 1. The summed E-state index contributed by atoms with van der Waals surface area (Å²) in [6, 6.07) is 10.9. The predicted octanol–water partition coefficient (Wildman–Crippen LogP) is 4.65. The maximum atomic E-state index is 12.7. The standard InChI is InChI=1S/C21H24F3NO5/c1-20(2,3)30-19(27)25-10-11-28-18-12-16(8-9-17(18)29-21(22,23)24)15-6-4-14(13-26)5-7-15/h4-9,12,26H,10-11,13H2,1-3H3,(H,25,27). The number of rotatable bonds is 7. The van der Waals surface area contributed by atoms with Gasteiger partial charge in [-0.25, -0.2) is 4.79 Å². The number of benzene rings is 2. The van der Waals surface area contributed by atoms with Crippen molar-refractivity contribution in [2.75, 3.05) is 13.2 Å². The predicted molar refractivity (Wildman–Crippen MR) is 104 cm³/mol. The normalized spacial score (nSPS) is 11.7. The van der Waals surface area contributed by atoms with Gasteiger partial charge in [0.25, 0.3) is 0 Å². The fraction of sp³-hybridized carbons (Fsp3) is 0.381. The van der Waals surface area contributed by atoms with Crippen LogP contribution in [0.1, 0.15) is 26.3 Å². The molecule has 9 heteroatoms. The van der Waals surface area contributed by atoms with E-state index in [9.17, 15) is 18.0 Å². The molecule has 2 aromatic carbocycles. The van der Waals surface area contributed by atoms with Crippen LogP contribution in [0.2, 0.25) is 0 Å². The van der Waals surface area contributed by atoms with Crippen LogP contribution in [-0.4, -0.2) is 36.3 Å². The lowest BCUT2D eigenvalue weighted by atomic mass is 10.0. The number of alkyl halides is 3. The van der Waals surface area contributed by atoms with Crippen LogP contribution in [0.15, 0.2) is 42.5 Å². The molecule has 0 aliphatic rings. The van der Waals surface area contributed by atoms with Crippen molar-refractivity contribution < 1.29 is 37.3 Å². The minimum atomic E-state index is -4.88. The van der Waals surface area contributed by atoms with Gasteiger partial charge in [-0.05, 0) is 49.6 Å². The van der Waals surface area contributed by atoms with Crippen LogP contribution in [0.4, 0.5) is 18.0 Å². The van der Waals surface area contributed by atoms with Crippen LogP contribution in [0.5, 0.6) is 11.5 Å². The average Bonchev–Trinajstić information content (AvgIpc) is 2.64. The highest BCUT2D eigenvalue weighted by molar-refractivity contribution is 5.68. The monoisotopic (exact) mass is 427 g/mol. The molecule has 30 heavy (non-hydrogen) atoms. The first-order chi connectivity index (χ1) is 14.0. The molecule has 0 heterocycles. The number of alkyl carbamates (subject to hydrolysis) is 1. The minimum Gasteiger partial charge on any atom is -0.488 e. The molecule has 0 aliphatic carbocycles. The van der Waals surface area contributed by atoms with Crippen LogP contribution >= 0.6 is 0 Å². The first-order valence-corrected chi connectivity index (χ1v) is 9.16. The first-order valence-electron chi connectivity index (χ1n) is 9.16. The van der Waals surface area contributed by atoms with Crippen molar-refractivity contribution in [2.45, 2.75) is 39.3 Å². The van der Waals surface area contributed by atoms with Crippen molar-refractivity contribution in [3.8, 4) is 22.6 Å². The van der Waals surface area contributed by atoms with Gasteiger partial charge in [0.1, 0.15) is 12.2 Å². The summed E-state index contributed by atoms with van der Waals surface area (Å²) in [4.78, 5) is 11.6. The number of aliphatic hydroxyl groups excluding tert-OH is 1. The molecule has 0 aromatic heterocycles. The van der Waals surface area contributed by atoms with Gasteiger partial charge in [0.2, 0.25) is 0 Å². The number of hydrogen-bond acceptors (Lipinski definition) is 5. The summed E-state index contributed by atoms with van der Waals surface area (Å²) in [6.07, 6.45) is -5.53. The van der Waals surface area contributed by atoms with Crippen molar-refractivity contribution >= 4 is 6.09 Å². The van der Waals surface area contributed by atoms with E-state index in [4.69, 9.17) is 14.6 Å². The highest BCUT2D eigenvalue weighted by Gasteiger charge is 2.32. The molecular weight excluding hydrogens is 403 g/mol. The van der Waals surface area contributed by atoms with Gasteiger partial charge in [0.05, 0.1) is 13.2 Å². The number of ether oxygens (including phenoxy) is 3. The number of carbonyl (C=O) groups is 1. The van der Waals surface area contributed by atoms with E-state index in [-0.39, 0.29) is 25.5 Å². The van der Waals surface area contributed by atoms with Crippen molar-refractivity contribution in [1.82, 2.24) is 5.32 Å². The molecule has 0 radical (unpaired) electrons. The second-order valence-electron chi connectivity index (χ2n) is 7.34. The van der Waals surface area contributed by atoms with E-state index in [0.29, 0.717) is 11.1 Å². The van der Waals surface area contributed by atoms with Crippen LogP contribution in [0.25, 0.3) is 11.1 Å². The van der Waals surface area contributed by atoms with Gasteiger partial charge in [-0.15, -0.1) is 13.2 Å². The van der Waals surface area contributed by atoms with E-state index < -0.39 is 23.8 Å². The van der Waals surface area contributed by atoms with Crippen LogP contribution in [0, 0.1) is 0 Å². The minimum absolute atomic E-state index is 0.0236. The Bertz CT molecular complexity index is 845. The fourth-order valence-electron chi connectivity index (χ4n) is 2.44. The zero-order valence-electron chi connectivity index (χ0n) is 16.9. The van der Waals surface area contributed by atoms with E-state index in [1.165, 1.54) is 18.2 Å². The molecule has 0 spiro atoms. The Hall–Kier alpha value is -2.94. The molecule has 0 fully saturated rings. The van der Waals surface area contributed by atoms with Crippen molar-refractivity contribution in [2.24, 2.45) is 0 Å². The SMILES string of the molecule is CC(C)(C)OC(=O)NCCOc1cc(-c2ccc(CO)cc2)ccc1OC(F)(F)F. The van der Waals surface area contributed by atoms with Gasteiger partial charge >= 0.3 is 12.5 Å². The second-order valence-corrected chi connectivity index (χ2v) is 7.34. The van der Waals surface area contributed by atoms with E-state index in [2.05, 4.69) is 10.1 Å². The molecule has 0 aliphatic heterocycles. The quantitative estimate of drug-likeness (QED) is 0.629. The highest BCUT2D eigenvalue weighted by atomic mass is 19.4. The second kappa shape index (κ2) is 9.71. The van der Waals surface area contributed by atoms with Gasteiger partial charge in [0, 0.05) is 0 Å². The molecule has 164 valence electrons. The summed E-state index contributed by atoms with van der Waals surface area (Å²) < 4.78 is 52.7. The van der Waals surface area contributed by atoms with E-state index >= 15 is 0 Å². The fourth-order valence-corrected chi connectivity index (χ4v) is 2.44. The lowest BCUT2D eigenvalue weighted by Gasteiger charge is -2.20. The summed E-state index contributed by atoms with van der Waals surface area (Å²) in [5.41, 5.74) is 1.37. The summed E-state index contributed by atoms with van der Waals surface area (Å²) in [6.45, 7) is 4.95. The Morgan fingerprint density at radius 2 is 1.63 bits per heavy atom. The Kier molecular flexibility index (Phi) is 7.55. The van der Waals surface area contributed by atoms with Gasteiger partial charge in [-0.2, -0.15) is 0 Å². The van der Waals surface area contributed by atoms with Crippen LogP contribution < -0.4 is 14.8 Å². The first kappa shape index (κ1) is 23.3. The summed E-state index contributed by atoms with van der Waals surface area (Å²) in [5.74, 6) is -0.613. The Morgan fingerprint density at radius 3 is 2.20 bits per heavy atom. The zero-order chi connectivity index (χ0) is 22.4. The van der Waals surface area contributed by atoms with Crippen molar-refractivity contribution in [3.05, 3.63) is 48.0 Å². The third-order valence-electron chi connectivity index (χ3n) is 3.67. The number of aliphatic hydroxyl groups is 1.